The first-order valence-electron chi connectivity index (χ1n) is 8.40. The lowest BCUT2D eigenvalue weighted by Gasteiger charge is -2.22. The van der Waals surface area contributed by atoms with Crippen molar-refractivity contribution in [1.82, 2.24) is 9.62 Å². The molecule has 2 rings (SSSR count). The van der Waals surface area contributed by atoms with E-state index in [2.05, 4.69) is 21.2 Å². The summed E-state index contributed by atoms with van der Waals surface area (Å²) in [5.41, 5.74) is 1.75. The lowest BCUT2D eigenvalue weighted by Crippen LogP contribution is -2.41. The number of carbonyl (C=O) groups is 1. The maximum absolute atomic E-state index is 13.1. The molecule has 1 N–H and O–H groups in total. The third kappa shape index (κ3) is 6.42. The van der Waals surface area contributed by atoms with Gasteiger partial charge in [0.05, 0.1) is 18.0 Å². The van der Waals surface area contributed by atoms with E-state index in [-0.39, 0.29) is 23.9 Å². The van der Waals surface area contributed by atoms with Crippen LogP contribution in [0.3, 0.4) is 0 Å². The van der Waals surface area contributed by atoms with Crippen LogP contribution in [0.4, 0.5) is 0 Å². The molecule has 0 aliphatic carbocycles. The SMILES string of the molecule is COCCNC(=O)CN(Cc1ccc(Br)cc1)S(=O)(=O)c1ccc(C)cc1. The fourth-order valence-electron chi connectivity index (χ4n) is 2.39. The molecule has 0 saturated heterocycles. The summed E-state index contributed by atoms with van der Waals surface area (Å²) in [5, 5.41) is 2.66. The van der Waals surface area contributed by atoms with Gasteiger partial charge in [-0.3, -0.25) is 4.79 Å². The van der Waals surface area contributed by atoms with Gasteiger partial charge in [-0.15, -0.1) is 0 Å². The Bertz CT molecular complexity index is 852. The zero-order chi connectivity index (χ0) is 19.9. The van der Waals surface area contributed by atoms with Crippen LogP contribution in [-0.2, 0) is 26.1 Å². The van der Waals surface area contributed by atoms with Gasteiger partial charge in [0, 0.05) is 24.7 Å². The van der Waals surface area contributed by atoms with E-state index in [4.69, 9.17) is 4.74 Å². The Morgan fingerprint density at radius 2 is 1.74 bits per heavy atom. The number of hydrogen-bond acceptors (Lipinski definition) is 4. The van der Waals surface area contributed by atoms with Crippen LogP contribution >= 0.6 is 15.9 Å². The first-order valence-corrected chi connectivity index (χ1v) is 10.6. The number of hydrogen-bond donors (Lipinski definition) is 1. The monoisotopic (exact) mass is 454 g/mol. The van der Waals surface area contributed by atoms with Gasteiger partial charge in [-0.2, -0.15) is 4.31 Å². The molecule has 6 nitrogen and oxygen atoms in total. The zero-order valence-electron chi connectivity index (χ0n) is 15.3. The lowest BCUT2D eigenvalue weighted by molar-refractivity contribution is -0.121. The molecule has 0 bridgehead atoms. The van der Waals surface area contributed by atoms with Gasteiger partial charge in [0.1, 0.15) is 0 Å². The number of carbonyl (C=O) groups excluding carboxylic acids is 1. The van der Waals surface area contributed by atoms with Gasteiger partial charge in [-0.05, 0) is 36.8 Å². The van der Waals surface area contributed by atoms with Crippen LogP contribution in [0.5, 0.6) is 0 Å². The first-order chi connectivity index (χ1) is 12.8. The maximum atomic E-state index is 13.1. The average Bonchev–Trinajstić information content (AvgIpc) is 2.63. The van der Waals surface area contributed by atoms with E-state index in [0.717, 1.165) is 15.6 Å². The number of sulfonamides is 1. The van der Waals surface area contributed by atoms with E-state index < -0.39 is 10.0 Å². The second kappa shape index (κ2) is 9.98. The number of nitrogens with zero attached hydrogens (tertiary/aromatic N) is 1. The Morgan fingerprint density at radius 1 is 1.11 bits per heavy atom. The third-order valence-electron chi connectivity index (χ3n) is 3.88. The van der Waals surface area contributed by atoms with Crippen molar-refractivity contribution in [2.24, 2.45) is 0 Å². The number of methoxy groups -OCH3 is 1. The van der Waals surface area contributed by atoms with Crippen molar-refractivity contribution in [2.75, 3.05) is 26.8 Å². The van der Waals surface area contributed by atoms with Gasteiger partial charge in [0.15, 0.2) is 0 Å². The second-order valence-corrected chi connectivity index (χ2v) is 8.91. The van der Waals surface area contributed by atoms with Crippen LogP contribution in [-0.4, -0.2) is 45.4 Å². The van der Waals surface area contributed by atoms with Gasteiger partial charge in [0.2, 0.25) is 15.9 Å². The van der Waals surface area contributed by atoms with Crippen molar-refractivity contribution < 1.29 is 17.9 Å². The van der Waals surface area contributed by atoms with Crippen molar-refractivity contribution in [1.29, 1.82) is 0 Å². The molecule has 0 radical (unpaired) electrons. The largest absolute Gasteiger partial charge is 0.383 e. The summed E-state index contributed by atoms with van der Waals surface area (Å²) in [6.07, 6.45) is 0. The quantitative estimate of drug-likeness (QED) is 0.590. The molecule has 0 aliphatic rings. The average molecular weight is 455 g/mol. The van der Waals surface area contributed by atoms with E-state index in [9.17, 15) is 13.2 Å². The molecule has 2 aromatic rings. The number of amides is 1. The highest BCUT2D eigenvalue weighted by Crippen LogP contribution is 2.20. The Hall–Kier alpha value is -1.74. The van der Waals surface area contributed by atoms with Crippen LogP contribution in [0.25, 0.3) is 0 Å². The van der Waals surface area contributed by atoms with Crippen molar-refractivity contribution in [3.05, 3.63) is 64.1 Å². The topological polar surface area (TPSA) is 75.7 Å². The van der Waals surface area contributed by atoms with Crippen LogP contribution in [0.2, 0.25) is 0 Å². The molecule has 0 aromatic heterocycles. The summed E-state index contributed by atoms with van der Waals surface area (Å²) in [7, 11) is -2.29. The van der Waals surface area contributed by atoms with Gasteiger partial charge < -0.3 is 10.1 Å². The predicted octanol–water partition coefficient (Wildman–Crippen LogP) is 2.71. The van der Waals surface area contributed by atoms with E-state index in [1.54, 1.807) is 24.3 Å². The van der Waals surface area contributed by atoms with Gasteiger partial charge in [-0.1, -0.05) is 45.8 Å². The van der Waals surface area contributed by atoms with Crippen molar-refractivity contribution in [3.63, 3.8) is 0 Å². The van der Waals surface area contributed by atoms with Crippen molar-refractivity contribution >= 4 is 31.9 Å². The molecule has 27 heavy (non-hydrogen) atoms. The normalized spacial score (nSPS) is 11.6. The van der Waals surface area contributed by atoms with E-state index in [1.807, 2.05) is 31.2 Å². The van der Waals surface area contributed by atoms with E-state index >= 15 is 0 Å². The highest BCUT2D eigenvalue weighted by atomic mass is 79.9. The summed E-state index contributed by atoms with van der Waals surface area (Å²) < 4.78 is 33.2. The molecule has 146 valence electrons. The smallest absolute Gasteiger partial charge is 0.243 e. The standard InChI is InChI=1S/C19H23BrN2O4S/c1-15-3-9-18(10-4-15)27(24,25)22(14-19(23)21-11-12-26-2)13-16-5-7-17(20)8-6-16/h3-10H,11-14H2,1-2H3,(H,21,23). The Kier molecular flexibility index (Phi) is 7.97. The Morgan fingerprint density at radius 3 is 2.33 bits per heavy atom. The van der Waals surface area contributed by atoms with Gasteiger partial charge >= 0.3 is 0 Å². The number of rotatable bonds is 9. The molecule has 0 aliphatic heterocycles. The molecule has 8 heteroatoms. The molecular formula is C19H23BrN2O4S. The fraction of sp³-hybridized carbons (Fsp3) is 0.316. The molecule has 0 atom stereocenters. The van der Waals surface area contributed by atoms with Crippen LogP contribution in [0.15, 0.2) is 57.9 Å². The van der Waals surface area contributed by atoms with Crippen LogP contribution in [0.1, 0.15) is 11.1 Å². The van der Waals surface area contributed by atoms with Crippen LogP contribution in [0, 0.1) is 6.92 Å². The molecule has 2 aromatic carbocycles. The van der Waals surface area contributed by atoms with Gasteiger partial charge in [-0.25, -0.2) is 8.42 Å². The third-order valence-corrected chi connectivity index (χ3v) is 6.21. The number of halogens is 1. The summed E-state index contributed by atoms with van der Waals surface area (Å²) in [6, 6.07) is 13.9. The first kappa shape index (κ1) is 21.6. The molecule has 0 saturated carbocycles. The Labute approximate surface area is 168 Å². The summed E-state index contributed by atoms with van der Waals surface area (Å²) in [5.74, 6) is -0.375. The number of benzene rings is 2. The minimum atomic E-state index is -3.82. The van der Waals surface area contributed by atoms with Crippen molar-refractivity contribution in [3.8, 4) is 0 Å². The predicted molar refractivity (Wildman–Crippen MR) is 108 cm³/mol. The maximum Gasteiger partial charge on any atom is 0.243 e. The molecule has 0 spiro atoms. The number of nitrogens with one attached hydrogen (secondary N) is 1. The molecule has 1 amide bonds. The van der Waals surface area contributed by atoms with Crippen LogP contribution < -0.4 is 5.32 Å². The van der Waals surface area contributed by atoms with E-state index in [0.29, 0.717) is 13.2 Å². The minimum Gasteiger partial charge on any atom is -0.383 e. The molecule has 0 fully saturated rings. The summed E-state index contributed by atoms with van der Waals surface area (Å²) in [6.45, 7) is 2.41. The highest BCUT2D eigenvalue weighted by molar-refractivity contribution is 9.10. The zero-order valence-corrected chi connectivity index (χ0v) is 17.7. The molecular weight excluding hydrogens is 432 g/mol. The molecule has 0 unspecified atom stereocenters. The Balaban J connectivity index is 2.25. The number of aryl methyl sites for hydroxylation is 1. The molecule has 0 heterocycles. The summed E-state index contributed by atoms with van der Waals surface area (Å²) in [4.78, 5) is 12.4. The fourth-order valence-corrected chi connectivity index (χ4v) is 4.04. The second-order valence-electron chi connectivity index (χ2n) is 6.06. The highest BCUT2D eigenvalue weighted by Gasteiger charge is 2.26. The van der Waals surface area contributed by atoms with E-state index in [1.165, 1.54) is 11.4 Å². The van der Waals surface area contributed by atoms with Gasteiger partial charge in [0.25, 0.3) is 0 Å². The summed E-state index contributed by atoms with van der Waals surface area (Å²) >= 11 is 3.36. The lowest BCUT2D eigenvalue weighted by atomic mass is 10.2. The van der Waals surface area contributed by atoms with Crippen molar-refractivity contribution in [2.45, 2.75) is 18.4 Å². The minimum absolute atomic E-state index is 0.0984. The number of ether oxygens (including phenoxy) is 1.